The fourth-order valence-electron chi connectivity index (χ4n) is 2.76. The number of thiazole rings is 1. The lowest BCUT2D eigenvalue weighted by Gasteiger charge is -2.07. The van der Waals surface area contributed by atoms with Gasteiger partial charge < -0.3 is 5.32 Å². The Morgan fingerprint density at radius 3 is 2.35 bits per heavy atom. The fourth-order valence-corrected chi connectivity index (χ4v) is 3.68. The zero-order valence-corrected chi connectivity index (χ0v) is 14.9. The molecule has 7 heteroatoms. The number of hydrogen-bond acceptors (Lipinski definition) is 5. The highest BCUT2D eigenvalue weighted by atomic mass is 32.1. The summed E-state index contributed by atoms with van der Waals surface area (Å²) in [6.07, 6.45) is 0. The van der Waals surface area contributed by atoms with Crippen molar-refractivity contribution in [3.63, 3.8) is 0 Å². The molecule has 0 bridgehead atoms. The van der Waals surface area contributed by atoms with Crippen molar-refractivity contribution in [2.45, 2.75) is 6.54 Å². The molecule has 1 N–H and O–H groups in total. The van der Waals surface area contributed by atoms with E-state index in [-0.39, 0.29) is 5.56 Å². The van der Waals surface area contributed by atoms with Crippen LogP contribution in [-0.2, 0) is 13.6 Å². The van der Waals surface area contributed by atoms with Crippen molar-refractivity contribution in [2.75, 3.05) is 5.32 Å². The number of para-hydroxylation sites is 1. The third kappa shape index (κ3) is 2.82. The fraction of sp³-hybridized carbons (Fsp3) is 0.105. The average molecular weight is 364 g/mol. The number of aromatic nitrogens is 3. The van der Waals surface area contributed by atoms with Crippen molar-refractivity contribution < 1.29 is 0 Å². The van der Waals surface area contributed by atoms with E-state index in [1.54, 1.807) is 31.3 Å². The van der Waals surface area contributed by atoms with Gasteiger partial charge in [0.15, 0.2) is 10.8 Å². The van der Waals surface area contributed by atoms with Crippen LogP contribution in [0.15, 0.2) is 70.3 Å². The Balaban J connectivity index is 1.79. The van der Waals surface area contributed by atoms with E-state index in [1.165, 1.54) is 20.5 Å². The van der Waals surface area contributed by atoms with Gasteiger partial charge in [0.25, 0.3) is 5.56 Å². The van der Waals surface area contributed by atoms with Gasteiger partial charge in [-0.3, -0.25) is 9.36 Å². The number of anilines is 1. The molecule has 2 aromatic heterocycles. The molecule has 0 aliphatic carbocycles. The van der Waals surface area contributed by atoms with Crippen LogP contribution in [0.5, 0.6) is 0 Å². The smallest absolute Gasteiger partial charge is 0.337 e. The topological polar surface area (TPSA) is 68.9 Å². The molecule has 0 saturated heterocycles. The maximum atomic E-state index is 12.9. The second-order valence-electron chi connectivity index (χ2n) is 5.83. The predicted molar refractivity (Wildman–Crippen MR) is 104 cm³/mol. The lowest BCUT2D eigenvalue weighted by molar-refractivity contribution is 0.768. The number of nitrogens with one attached hydrogen (secondary N) is 1. The van der Waals surface area contributed by atoms with E-state index in [1.807, 2.05) is 36.4 Å². The first-order valence-electron chi connectivity index (χ1n) is 8.11. The second kappa shape index (κ2) is 6.61. The number of rotatable bonds is 4. The van der Waals surface area contributed by atoms with Crippen LogP contribution in [0.25, 0.3) is 16.0 Å². The van der Waals surface area contributed by atoms with Gasteiger partial charge >= 0.3 is 5.69 Å². The number of hydrogen-bond donors (Lipinski definition) is 1. The second-order valence-corrected chi connectivity index (χ2v) is 6.83. The van der Waals surface area contributed by atoms with Crippen LogP contribution >= 0.6 is 11.3 Å². The Morgan fingerprint density at radius 1 is 1.00 bits per heavy atom. The average Bonchev–Trinajstić information content (AvgIpc) is 3.11. The predicted octanol–water partition coefficient (Wildman–Crippen LogP) is 2.76. The van der Waals surface area contributed by atoms with Gasteiger partial charge in [0.05, 0.1) is 5.69 Å². The van der Waals surface area contributed by atoms with E-state index in [9.17, 15) is 9.59 Å². The van der Waals surface area contributed by atoms with Crippen molar-refractivity contribution >= 4 is 26.8 Å². The number of aryl methyl sites for hydroxylation is 1. The summed E-state index contributed by atoms with van der Waals surface area (Å²) in [5.41, 5.74) is 1.30. The lowest BCUT2D eigenvalue weighted by Crippen LogP contribution is -2.37. The van der Waals surface area contributed by atoms with Gasteiger partial charge in [-0.25, -0.2) is 14.3 Å². The van der Waals surface area contributed by atoms with E-state index >= 15 is 0 Å². The summed E-state index contributed by atoms with van der Waals surface area (Å²) >= 11 is 1.26. The van der Waals surface area contributed by atoms with E-state index in [0.29, 0.717) is 27.7 Å². The van der Waals surface area contributed by atoms with Crippen LogP contribution in [0.2, 0.25) is 0 Å². The van der Waals surface area contributed by atoms with Crippen LogP contribution in [0, 0.1) is 0 Å². The van der Waals surface area contributed by atoms with Crippen LogP contribution in [0.3, 0.4) is 0 Å². The standard InChI is InChI=1S/C19H16N4O2S/c1-22-16-15(17(24)23(19(22)25)14-10-6-3-7-11-14)26-18(21-16)20-12-13-8-4-2-5-9-13/h2-11H,12H2,1H3,(H,20,21). The van der Waals surface area contributed by atoms with Crippen LogP contribution in [-0.4, -0.2) is 14.1 Å². The van der Waals surface area contributed by atoms with E-state index in [2.05, 4.69) is 10.3 Å². The Morgan fingerprint density at radius 2 is 1.65 bits per heavy atom. The van der Waals surface area contributed by atoms with Gasteiger partial charge in [-0.2, -0.15) is 0 Å². The molecule has 0 atom stereocenters. The minimum atomic E-state index is -0.409. The third-order valence-corrected chi connectivity index (χ3v) is 5.09. The molecule has 4 rings (SSSR count). The van der Waals surface area contributed by atoms with Crippen LogP contribution in [0.4, 0.5) is 5.13 Å². The van der Waals surface area contributed by atoms with Gasteiger partial charge in [-0.1, -0.05) is 59.9 Å². The first-order valence-corrected chi connectivity index (χ1v) is 8.92. The van der Waals surface area contributed by atoms with Crippen molar-refractivity contribution in [1.29, 1.82) is 0 Å². The van der Waals surface area contributed by atoms with E-state index < -0.39 is 5.69 Å². The molecule has 0 fully saturated rings. The van der Waals surface area contributed by atoms with Crippen molar-refractivity contribution in [2.24, 2.45) is 7.05 Å². The molecular weight excluding hydrogens is 348 g/mol. The summed E-state index contributed by atoms with van der Waals surface area (Å²) in [7, 11) is 1.63. The monoisotopic (exact) mass is 364 g/mol. The summed E-state index contributed by atoms with van der Waals surface area (Å²) in [4.78, 5) is 30.0. The third-order valence-electron chi connectivity index (χ3n) is 4.10. The molecule has 0 saturated carbocycles. The molecule has 130 valence electrons. The number of fused-ring (bicyclic) bond motifs is 1. The first-order chi connectivity index (χ1) is 12.6. The zero-order valence-electron chi connectivity index (χ0n) is 14.0. The molecule has 0 aliphatic rings. The van der Waals surface area contributed by atoms with E-state index in [0.717, 1.165) is 5.56 Å². The van der Waals surface area contributed by atoms with Gasteiger partial charge in [-0.05, 0) is 17.7 Å². The van der Waals surface area contributed by atoms with Crippen molar-refractivity contribution in [1.82, 2.24) is 14.1 Å². The Hall–Kier alpha value is -3.19. The summed E-state index contributed by atoms with van der Waals surface area (Å²) in [5.74, 6) is 0. The molecular formula is C19H16N4O2S. The normalized spacial score (nSPS) is 11.0. The quantitative estimate of drug-likeness (QED) is 0.605. The lowest BCUT2D eigenvalue weighted by atomic mass is 10.2. The number of nitrogens with zero attached hydrogens (tertiary/aromatic N) is 3. The summed E-state index contributed by atoms with van der Waals surface area (Å²) in [6, 6.07) is 18.8. The first kappa shape index (κ1) is 16.3. The summed E-state index contributed by atoms with van der Waals surface area (Å²) in [5, 5.41) is 3.84. The molecule has 0 aliphatic heterocycles. The zero-order chi connectivity index (χ0) is 18.1. The van der Waals surface area contributed by atoms with E-state index in [4.69, 9.17) is 0 Å². The highest BCUT2D eigenvalue weighted by molar-refractivity contribution is 7.22. The highest BCUT2D eigenvalue weighted by Gasteiger charge is 2.16. The molecule has 0 unspecified atom stereocenters. The Kier molecular flexibility index (Phi) is 4.14. The molecule has 0 spiro atoms. The highest BCUT2D eigenvalue weighted by Crippen LogP contribution is 2.22. The largest absolute Gasteiger partial charge is 0.357 e. The van der Waals surface area contributed by atoms with Crippen LogP contribution < -0.4 is 16.6 Å². The molecule has 26 heavy (non-hydrogen) atoms. The molecule has 0 radical (unpaired) electrons. The van der Waals surface area contributed by atoms with Gasteiger partial charge in [0.2, 0.25) is 0 Å². The van der Waals surface area contributed by atoms with Gasteiger partial charge in [-0.15, -0.1) is 0 Å². The number of benzene rings is 2. The van der Waals surface area contributed by atoms with Crippen molar-refractivity contribution in [3.8, 4) is 5.69 Å². The minimum Gasteiger partial charge on any atom is -0.357 e. The van der Waals surface area contributed by atoms with Crippen LogP contribution in [0.1, 0.15) is 5.56 Å². The molecule has 6 nitrogen and oxygen atoms in total. The summed E-state index contributed by atoms with van der Waals surface area (Å²) in [6.45, 7) is 0.599. The SMILES string of the molecule is Cn1c(=O)n(-c2ccccc2)c(=O)c2sc(NCc3ccccc3)nc21. The van der Waals surface area contributed by atoms with Gasteiger partial charge in [0, 0.05) is 13.6 Å². The molecule has 2 heterocycles. The van der Waals surface area contributed by atoms with Crippen molar-refractivity contribution in [3.05, 3.63) is 87.1 Å². The molecule has 0 amide bonds. The maximum Gasteiger partial charge on any atom is 0.337 e. The molecule has 4 aromatic rings. The van der Waals surface area contributed by atoms with Gasteiger partial charge in [0.1, 0.15) is 4.70 Å². The Labute approximate surface area is 153 Å². The Bertz CT molecular complexity index is 1180. The minimum absolute atomic E-state index is 0.348. The maximum absolute atomic E-state index is 12.9. The summed E-state index contributed by atoms with van der Waals surface area (Å²) < 4.78 is 3.04. The molecule has 2 aromatic carbocycles.